The van der Waals surface area contributed by atoms with Crippen molar-refractivity contribution in [2.75, 3.05) is 13.7 Å². The summed E-state index contributed by atoms with van der Waals surface area (Å²) in [6, 6.07) is 0. The molecule has 0 saturated heterocycles. The van der Waals surface area contributed by atoms with Gasteiger partial charge < -0.3 is 15.4 Å². The molecule has 0 bridgehead atoms. The fourth-order valence-electron chi connectivity index (χ4n) is 1.35. The number of esters is 2. The second-order valence-electron chi connectivity index (χ2n) is 3.98. The van der Waals surface area contributed by atoms with Crippen LogP contribution in [0.1, 0.15) is 40.0 Å². The van der Waals surface area contributed by atoms with E-state index < -0.39 is 0 Å². The predicted octanol–water partition coefficient (Wildman–Crippen LogP) is 2.12. The van der Waals surface area contributed by atoms with E-state index in [0.29, 0.717) is 13.0 Å². The number of carbonyl (C=O) groups is 2. The average Bonchev–Trinajstić information content (AvgIpc) is 2.23. The van der Waals surface area contributed by atoms with Crippen molar-refractivity contribution in [3.05, 3.63) is 5.92 Å². The third-order valence-corrected chi connectivity index (χ3v) is 2.25. The van der Waals surface area contributed by atoms with Crippen LogP contribution in [0.25, 0.3) is 0 Å². The third kappa shape index (κ3) is 9.72. The molecule has 0 fully saturated rings. The van der Waals surface area contributed by atoms with E-state index in [4.69, 9.17) is 4.74 Å². The van der Waals surface area contributed by atoms with Crippen molar-refractivity contribution in [2.45, 2.75) is 40.0 Å². The quantitative estimate of drug-likeness (QED) is 0.533. The van der Waals surface area contributed by atoms with Crippen molar-refractivity contribution in [2.24, 2.45) is 5.92 Å². The first-order valence-corrected chi connectivity index (χ1v) is 5.53. The van der Waals surface area contributed by atoms with Crippen LogP contribution < -0.4 is 0 Å². The fourth-order valence-corrected chi connectivity index (χ4v) is 1.35. The van der Waals surface area contributed by atoms with Crippen LogP contribution in [0, 0.1) is 11.8 Å². The van der Waals surface area contributed by atoms with Gasteiger partial charge in [0.1, 0.15) is 0 Å². The molecule has 0 aromatic rings. The number of ether oxygens (including phenoxy) is 2. The smallest absolute Gasteiger partial charge is 0.309 e. The molecule has 1 unspecified atom stereocenters. The zero-order chi connectivity index (χ0) is 12.6. The van der Waals surface area contributed by atoms with Gasteiger partial charge in [-0.2, -0.15) is 20.3 Å². The number of hydrogen-bond acceptors (Lipinski definition) is 4. The standard InChI is InChI=1S/C12H21O4.Y/c1-5-16-11(13)8-10(12(14)15-4)7-6-9(2)3;/h10H,5-8H2,1-4H3;/q-1;. The molecule has 0 heterocycles. The van der Waals surface area contributed by atoms with Gasteiger partial charge in [-0.05, 0) is 6.92 Å². The van der Waals surface area contributed by atoms with Crippen LogP contribution in [-0.4, -0.2) is 25.7 Å². The second-order valence-corrected chi connectivity index (χ2v) is 3.98. The Morgan fingerprint density at radius 2 is 1.88 bits per heavy atom. The molecule has 0 aliphatic rings. The van der Waals surface area contributed by atoms with E-state index in [1.165, 1.54) is 13.0 Å². The Bertz CT molecular complexity index is 229. The number of rotatable bonds is 7. The molecule has 0 rings (SSSR count). The molecule has 0 spiro atoms. The van der Waals surface area contributed by atoms with Crippen LogP contribution in [0.4, 0.5) is 0 Å². The van der Waals surface area contributed by atoms with Gasteiger partial charge in [-0.3, -0.25) is 9.59 Å². The van der Waals surface area contributed by atoms with Crippen molar-refractivity contribution in [3.8, 4) is 0 Å². The first-order chi connectivity index (χ1) is 7.51. The van der Waals surface area contributed by atoms with Gasteiger partial charge in [-0.25, -0.2) is 0 Å². The maximum absolute atomic E-state index is 11.4. The van der Waals surface area contributed by atoms with Gasteiger partial charge in [-0.1, -0.05) is 6.42 Å². The minimum Gasteiger partial charge on any atom is -0.469 e. The summed E-state index contributed by atoms with van der Waals surface area (Å²) in [6.07, 6.45) is 1.56. The topological polar surface area (TPSA) is 52.6 Å². The van der Waals surface area contributed by atoms with Crippen LogP contribution in [0.5, 0.6) is 0 Å². The van der Waals surface area contributed by atoms with E-state index in [9.17, 15) is 9.59 Å². The first-order valence-electron chi connectivity index (χ1n) is 5.53. The molecule has 0 N–H and O–H groups in total. The SMILES string of the molecule is CCOC(=O)CC(CC[C-](C)C)C(=O)OC.[Y]. The van der Waals surface area contributed by atoms with Gasteiger partial charge in [0, 0.05) is 32.7 Å². The van der Waals surface area contributed by atoms with E-state index in [1.54, 1.807) is 6.92 Å². The molecule has 97 valence electrons. The minimum atomic E-state index is -0.390. The molecule has 0 amide bonds. The molecule has 5 heteroatoms. The van der Waals surface area contributed by atoms with Crippen LogP contribution >= 0.6 is 0 Å². The molecule has 0 aromatic carbocycles. The minimum absolute atomic E-state index is 0. The van der Waals surface area contributed by atoms with Gasteiger partial charge in [0.25, 0.3) is 0 Å². The molecule has 0 aliphatic heterocycles. The summed E-state index contributed by atoms with van der Waals surface area (Å²) in [5.41, 5.74) is 0. The summed E-state index contributed by atoms with van der Waals surface area (Å²) >= 11 is 0. The Labute approximate surface area is 129 Å². The van der Waals surface area contributed by atoms with Gasteiger partial charge in [0.05, 0.1) is 26.1 Å². The Hall–Kier alpha value is 0.0439. The maximum atomic E-state index is 11.4. The summed E-state index contributed by atoms with van der Waals surface area (Å²) in [5.74, 6) is 0.165. The monoisotopic (exact) mass is 318 g/mol. The predicted molar refractivity (Wildman–Crippen MR) is 60.6 cm³/mol. The summed E-state index contributed by atoms with van der Waals surface area (Å²) in [5, 5.41) is 0. The van der Waals surface area contributed by atoms with Crippen molar-refractivity contribution in [1.82, 2.24) is 0 Å². The van der Waals surface area contributed by atoms with Gasteiger partial charge in [0.15, 0.2) is 0 Å². The average molecular weight is 318 g/mol. The summed E-state index contributed by atoms with van der Waals surface area (Å²) in [6.45, 7) is 6.08. The van der Waals surface area contributed by atoms with Gasteiger partial charge >= 0.3 is 11.9 Å². The largest absolute Gasteiger partial charge is 0.469 e. The second kappa shape index (κ2) is 11.2. The van der Waals surface area contributed by atoms with Crippen LogP contribution in [0.2, 0.25) is 0 Å². The van der Waals surface area contributed by atoms with Crippen LogP contribution in [0.15, 0.2) is 0 Å². The summed E-state index contributed by atoms with van der Waals surface area (Å²) in [7, 11) is 1.34. The van der Waals surface area contributed by atoms with Crippen molar-refractivity contribution in [1.29, 1.82) is 0 Å². The van der Waals surface area contributed by atoms with Gasteiger partial charge in [-0.15, -0.1) is 0 Å². The van der Waals surface area contributed by atoms with Gasteiger partial charge in [0.2, 0.25) is 0 Å². The molecule has 1 atom stereocenters. The zero-order valence-corrected chi connectivity index (χ0v) is 14.0. The number of carbonyl (C=O) groups excluding carboxylic acids is 2. The summed E-state index contributed by atoms with van der Waals surface area (Å²) in [4.78, 5) is 22.7. The molecule has 1 radical (unpaired) electrons. The normalized spacial score (nSPS) is 11.6. The fraction of sp³-hybridized carbons (Fsp3) is 0.750. The van der Waals surface area contributed by atoms with E-state index in [2.05, 4.69) is 4.74 Å². The van der Waals surface area contributed by atoms with Crippen LogP contribution in [0.3, 0.4) is 0 Å². The number of hydrogen-bond donors (Lipinski definition) is 0. The Kier molecular flexibility index (Phi) is 12.7. The van der Waals surface area contributed by atoms with Crippen molar-refractivity contribution >= 4 is 11.9 Å². The molecule has 17 heavy (non-hydrogen) atoms. The molecule has 4 nitrogen and oxygen atoms in total. The van der Waals surface area contributed by atoms with E-state index in [0.717, 1.165) is 6.42 Å². The van der Waals surface area contributed by atoms with Crippen molar-refractivity contribution < 1.29 is 51.8 Å². The molecular formula is C12H21O4Y-. The third-order valence-electron chi connectivity index (χ3n) is 2.25. The van der Waals surface area contributed by atoms with E-state index in [-0.39, 0.29) is 57.0 Å². The van der Waals surface area contributed by atoms with E-state index >= 15 is 0 Å². The Morgan fingerprint density at radius 3 is 2.29 bits per heavy atom. The van der Waals surface area contributed by atoms with E-state index in [1.807, 2.05) is 13.8 Å². The number of methoxy groups -OCH3 is 1. The Morgan fingerprint density at radius 1 is 1.29 bits per heavy atom. The first kappa shape index (κ1) is 19.4. The van der Waals surface area contributed by atoms with Crippen molar-refractivity contribution in [3.63, 3.8) is 0 Å². The zero-order valence-electron chi connectivity index (χ0n) is 11.1. The Balaban J connectivity index is 0. The summed E-state index contributed by atoms with van der Waals surface area (Å²) < 4.78 is 9.49. The molecular weight excluding hydrogens is 297 g/mol. The van der Waals surface area contributed by atoms with Crippen LogP contribution in [-0.2, 0) is 51.8 Å². The molecule has 0 aliphatic carbocycles. The maximum Gasteiger partial charge on any atom is 0.309 e. The molecule has 0 aromatic heterocycles. The molecule has 0 saturated carbocycles.